The summed E-state index contributed by atoms with van der Waals surface area (Å²) in [6.45, 7) is 5.94. The van der Waals surface area contributed by atoms with Crippen molar-refractivity contribution in [2.24, 2.45) is 0 Å². The molecule has 4 heteroatoms. The van der Waals surface area contributed by atoms with Gasteiger partial charge in [-0.15, -0.1) is 11.3 Å². The van der Waals surface area contributed by atoms with Crippen molar-refractivity contribution in [1.82, 2.24) is 5.32 Å². The van der Waals surface area contributed by atoms with Crippen LogP contribution in [0.15, 0.2) is 12.1 Å². The molecule has 0 aliphatic rings. The maximum Gasteiger partial charge on any atom is 0.0810 e. The van der Waals surface area contributed by atoms with Crippen molar-refractivity contribution in [1.29, 1.82) is 0 Å². The first-order valence-electron chi connectivity index (χ1n) is 5.74. The molecule has 0 saturated carbocycles. The Morgan fingerprint density at radius 1 is 1.12 bits per heavy atom. The van der Waals surface area contributed by atoms with E-state index in [4.69, 9.17) is 9.47 Å². The second kappa shape index (κ2) is 8.70. The molecule has 16 heavy (non-hydrogen) atoms. The molecule has 1 aromatic heterocycles. The first-order chi connectivity index (χ1) is 7.86. The third-order valence-electron chi connectivity index (χ3n) is 2.03. The van der Waals surface area contributed by atoms with Crippen molar-refractivity contribution >= 4 is 11.3 Å². The molecule has 0 unspecified atom stereocenters. The van der Waals surface area contributed by atoms with E-state index in [-0.39, 0.29) is 0 Å². The third kappa shape index (κ3) is 5.61. The lowest BCUT2D eigenvalue weighted by Gasteiger charge is -2.03. The van der Waals surface area contributed by atoms with Gasteiger partial charge in [0.1, 0.15) is 0 Å². The lowest BCUT2D eigenvalue weighted by atomic mass is 10.4. The van der Waals surface area contributed by atoms with Crippen molar-refractivity contribution in [2.45, 2.75) is 26.5 Å². The van der Waals surface area contributed by atoms with Gasteiger partial charge in [0.2, 0.25) is 0 Å². The number of ether oxygens (including phenoxy) is 2. The summed E-state index contributed by atoms with van der Waals surface area (Å²) >= 11 is 1.80. The summed E-state index contributed by atoms with van der Waals surface area (Å²) in [4.78, 5) is 2.63. The molecule has 0 spiro atoms. The number of hydrogen-bond donors (Lipinski definition) is 1. The Hall–Kier alpha value is -0.420. The van der Waals surface area contributed by atoms with Gasteiger partial charge in [0, 0.05) is 22.9 Å². The molecular formula is C12H21NO2S. The van der Waals surface area contributed by atoms with Crippen molar-refractivity contribution in [2.75, 3.05) is 26.9 Å². The van der Waals surface area contributed by atoms with Crippen LogP contribution in [0.5, 0.6) is 0 Å². The Bertz CT molecular complexity index is 276. The molecule has 1 heterocycles. The lowest BCUT2D eigenvalue weighted by molar-refractivity contribution is 0.0417. The number of hydrogen-bond acceptors (Lipinski definition) is 4. The minimum absolute atomic E-state index is 0.680. The highest BCUT2D eigenvalue weighted by Gasteiger charge is 1.99. The Labute approximate surface area is 102 Å². The van der Waals surface area contributed by atoms with E-state index in [9.17, 15) is 0 Å². The smallest absolute Gasteiger partial charge is 0.0810 e. The monoisotopic (exact) mass is 243 g/mol. The van der Waals surface area contributed by atoms with E-state index in [2.05, 4.69) is 24.4 Å². The quantitative estimate of drug-likeness (QED) is 0.676. The predicted octanol–water partition coefficient (Wildman–Crippen LogP) is 2.41. The number of nitrogens with one attached hydrogen (secondary N) is 1. The molecule has 1 N–H and O–H groups in total. The Morgan fingerprint density at radius 2 is 1.88 bits per heavy atom. The standard InChI is InChI=1S/C12H21NO2S/c1-3-6-14-7-8-15-10-12-5-4-11(16-12)9-13-2/h4-5,13H,3,6-10H2,1-2H3. The van der Waals surface area contributed by atoms with Crippen LogP contribution in [-0.2, 0) is 22.6 Å². The fraction of sp³-hybridized carbons (Fsp3) is 0.667. The van der Waals surface area contributed by atoms with Gasteiger partial charge in [0.25, 0.3) is 0 Å². The van der Waals surface area contributed by atoms with Crippen molar-refractivity contribution in [3.05, 3.63) is 21.9 Å². The second-order valence-electron chi connectivity index (χ2n) is 3.56. The summed E-state index contributed by atoms with van der Waals surface area (Å²) in [6.07, 6.45) is 1.07. The van der Waals surface area contributed by atoms with E-state index in [1.165, 1.54) is 9.75 Å². The van der Waals surface area contributed by atoms with Crippen molar-refractivity contribution in [3.8, 4) is 0 Å². The van der Waals surface area contributed by atoms with Crippen LogP contribution in [0.3, 0.4) is 0 Å². The first-order valence-corrected chi connectivity index (χ1v) is 6.56. The molecule has 0 radical (unpaired) electrons. The Morgan fingerprint density at radius 3 is 2.62 bits per heavy atom. The molecular weight excluding hydrogens is 222 g/mol. The number of rotatable bonds is 9. The average molecular weight is 243 g/mol. The molecule has 0 atom stereocenters. The van der Waals surface area contributed by atoms with Gasteiger partial charge < -0.3 is 14.8 Å². The van der Waals surface area contributed by atoms with Gasteiger partial charge in [0.05, 0.1) is 19.8 Å². The maximum absolute atomic E-state index is 5.52. The van der Waals surface area contributed by atoms with Crippen LogP contribution in [0.2, 0.25) is 0 Å². The summed E-state index contributed by atoms with van der Waals surface area (Å²) in [5.41, 5.74) is 0. The van der Waals surface area contributed by atoms with Gasteiger partial charge in [-0.2, -0.15) is 0 Å². The summed E-state index contributed by atoms with van der Waals surface area (Å²) in [5.74, 6) is 0. The fourth-order valence-electron chi connectivity index (χ4n) is 1.31. The van der Waals surface area contributed by atoms with Gasteiger partial charge in [-0.25, -0.2) is 0 Å². The SMILES string of the molecule is CCCOCCOCc1ccc(CNC)s1. The second-order valence-corrected chi connectivity index (χ2v) is 4.82. The molecule has 1 aromatic rings. The highest BCUT2D eigenvalue weighted by molar-refractivity contribution is 7.11. The van der Waals surface area contributed by atoms with Crippen LogP contribution < -0.4 is 5.32 Å². The maximum atomic E-state index is 5.52. The zero-order valence-electron chi connectivity index (χ0n) is 10.1. The van der Waals surface area contributed by atoms with E-state index >= 15 is 0 Å². The zero-order valence-corrected chi connectivity index (χ0v) is 10.9. The fourth-order valence-corrected chi connectivity index (χ4v) is 2.27. The van der Waals surface area contributed by atoms with Gasteiger partial charge >= 0.3 is 0 Å². The van der Waals surface area contributed by atoms with E-state index in [0.717, 1.165) is 19.6 Å². The van der Waals surface area contributed by atoms with E-state index in [1.54, 1.807) is 11.3 Å². The summed E-state index contributed by atoms with van der Waals surface area (Å²) in [7, 11) is 1.96. The topological polar surface area (TPSA) is 30.5 Å². The minimum Gasteiger partial charge on any atom is -0.379 e. The van der Waals surface area contributed by atoms with Crippen LogP contribution in [0, 0.1) is 0 Å². The van der Waals surface area contributed by atoms with Crippen LogP contribution in [0.4, 0.5) is 0 Å². The highest BCUT2D eigenvalue weighted by Crippen LogP contribution is 2.16. The summed E-state index contributed by atoms with van der Waals surface area (Å²) in [6, 6.07) is 4.28. The van der Waals surface area contributed by atoms with Crippen LogP contribution in [-0.4, -0.2) is 26.9 Å². The molecule has 0 bridgehead atoms. The van der Waals surface area contributed by atoms with Crippen molar-refractivity contribution < 1.29 is 9.47 Å². The molecule has 1 rings (SSSR count). The van der Waals surface area contributed by atoms with Gasteiger partial charge in [-0.3, -0.25) is 0 Å². The first kappa shape index (κ1) is 13.6. The summed E-state index contributed by atoms with van der Waals surface area (Å²) < 4.78 is 10.9. The molecule has 3 nitrogen and oxygen atoms in total. The van der Waals surface area contributed by atoms with Gasteiger partial charge in [0.15, 0.2) is 0 Å². The van der Waals surface area contributed by atoms with Crippen LogP contribution in [0.25, 0.3) is 0 Å². The van der Waals surface area contributed by atoms with Crippen LogP contribution in [0.1, 0.15) is 23.1 Å². The molecule has 92 valence electrons. The molecule has 0 fully saturated rings. The summed E-state index contributed by atoms with van der Waals surface area (Å²) in [5, 5.41) is 3.14. The Kier molecular flexibility index (Phi) is 7.42. The minimum atomic E-state index is 0.680. The molecule has 0 aromatic carbocycles. The van der Waals surface area contributed by atoms with E-state index in [0.29, 0.717) is 19.8 Å². The Balaban J connectivity index is 2.07. The predicted molar refractivity (Wildman–Crippen MR) is 67.8 cm³/mol. The molecule has 0 aliphatic heterocycles. The van der Waals surface area contributed by atoms with E-state index < -0.39 is 0 Å². The molecule has 0 aliphatic carbocycles. The largest absolute Gasteiger partial charge is 0.379 e. The highest BCUT2D eigenvalue weighted by atomic mass is 32.1. The third-order valence-corrected chi connectivity index (χ3v) is 3.09. The zero-order chi connectivity index (χ0) is 11.6. The normalized spacial score (nSPS) is 10.9. The van der Waals surface area contributed by atoms with E-state index in [1.807, 2.05) is 7.05 Å². The molecule has 0 saturated heterocycles. The van der Waals surface area contributed by atoms with Gasteiger partial charge in [-0.05, 0) is 25.6 Å². The van der Waals surface area contributed by atoms with Gasteiger partial charge in [-0.1, -0.05) is 6.92 Å². The van der Waals surface area contributed by atoms with Crippen molar-refractivity contribution in [3.63, 3.8) is 0 Å². The number of thiophene rings is 1. The molecule has 0 amide bonds. The van der Waals surface area contributed by atoms with Crippen LogP contribution >= 0.6 is 11.3 Å². The average Bonchev–Trinajstić information content (AvgIpc) is 2.72. The lowest BCUT2D eigenvalue weighted by Crippen LogP contribution is -2.04.